The number of phenolic OH excluding ortho intramolecular Hbond substituents is 1. The Balaban J connectivity index is 2.92. The molecule has 0 saturated heterocycles. The van der Waals surface area contributed by atoms with Crippen LogP contribution in [0.2, 0.25) is 0 Å². The van der Waals surface area contributed by atoms with E-state index < -0.39 is 0 Å². The molecule has 0 atom stereocenters. The summed E-state index contributed by atoms with van der Waals surface area (Å²) in [5, 5.41) is 9.48. The molecule has 0 bridgehead atoms. The predicted octanol–water partition coefficient (Wildman–Crippen LogP) is 0.444. The van der Waals surface area contributed by atoms with Gasteiger partial charge in [0.05, 0.1) is 5.56 Å². The molecule has 0 saturated carbocycles. The average Bonchev–Trinajstić information content (AvgIpc) is 2.14. The van der Waals surface area contributed by atoms with Gasteiger partial charge in [0.1, 0.15) is 13.6 Å². The Morgan fingerprint density at radius 1 is 1.47 bits per heavy atom. The lowest BCUT2D eigenvalue weighted by Gasteiger charge is -2.04. The Morgan fingerprint density at radius 3 is 2.67 bits per heavy atom. The standard InChI is InChI=1S/C11H12BNO2/c1-13(2)6-5-10(14)9-4-3-8(12)7-11(9)15/h3-7,15H,1-2H3/b6-5+. The van der Waals surface area contributed by atoms with Crippen molar-refractivity contribution >= 4 is 19.1 Å². The van der Waals surface area contributed by atoms with E-state index in [1.165, 1.54) is 18.2 Å². The van der Waals surface area contributed by atoms with Gasteiger partial charge in [0.25, 0.3) is 0 Å². The second kappa shape index (κ2) is 4.69. The van der Waals surface area contributed by atoms with Crippen molar-refractivity contribution in [1.29, 1.82) is 0 Å². The first-order valence-electron chi connectivity index (χ1n) is 4.48. The fraction of sp³-hybridized carbons (Fsp3) is 0.182. The van der Waals surface area contributed by atoms with Gasteiger partial charge in [-0.25, -0.2) is 0 Å². The average molecular weight is 201 g/mol. The minimum Gasteiger partial charge on any atom is -0.507 e. The lowest BCUT2D eigenvalue weighted by molar-refractivity contribution is 0.104. The van der Waals surface area contributed by atoms with Crippen LogP contribution in [-0.2, 0) is 0 Å². The van der Waals surface area contributed by atoms with Crippen LogP contribution in [0, 0.1) is 0 Å². The number of hydrogen-bond acceptors (Lipinski definition) is 3. The van der Waals surface area contributed by atoms with Crippen molar-refractivity contribution in [2.24, 2.45) is 0 Å². The molecule has 0 aliphatic carbocycles. The molecular formula is C11H12BNO2. The van der Waals surface area contributed by atoms with Crippen LogP contribution >= 0.6 is 0 Å². The van der Waals surface area contributed by atoms with E-state index in [4.69, 9.17) is 7.85 Å². The minimum atomic E-state index is -0.249. The third-order valence-electron chi connectivity index (χ3n) is 1.81. The first-order chi connectivity index (χ1) is 7.00. The number of benzene rings is 1. The van der Waals surface area contributed by atoms with Crippen LogP contribution in [0.1, 0.15) is 10.4 Å². The fourth-order valence-electron chi connectivity index (χ4n) is 1.06. The van der Waals surface area contributed by atoms with Gasteiger partial charge in [-0.15, -0.1) is 0 Å². The van der Waals surface area contributed by atoms with Gasteiger partial charge in [0.15, 0.2) is 5.78 Å². The summed E-state index contributed by atoms with van der Waals surface area (Å²) in [7, 11) is 9.08. The third kappa shape index (κ3) is 3.16. The number of ketones is 1. The van der Waals surface area contributed by atoms with Gasteiger partial charge in [-0.2, -0.15) is 0 Å². The predicted molar refractivity (Wildman–Crippen MR) is 60.7 cm³/mol. The molecule has 0 aliphatic rings. The molecule has 0 aromatic heterocycles. The van der Waals surface area contributed by atoms with Crippen LogP contribution in [0.3, 0.4) is 0 Å². The molecule has 2 radical (unpaired) electrons. The molecule has 1 aromatic carbocycles. The maximum Gasteiger partial charge on any atom is 0.190 e. The number of phenols is 1. The van der Waals surface area contributed by atoms with E-state index in [0.717, 1.165) is 0 Å². The highest BCUT2D eigenvalue weighted by atomic mass is 16.3. The summed E-state index contributed by atoms with van der Waals surface area (Å²) in [6.45, 7) is 0. The highest BCUT2D eigenvalue weighted by molar-refractivity contribution is 6.32. The monoisotopic (exact) mass is 201 g/mol. The molecule has 0 heterocycles. The lowest BCUT2D eigenvalue weighted by atomic mass is 9.94. The molecule has 0 spiro atoms. The summed E-state index contributed by atoms with van der Waals surface area (Å²) < 4.78 is 0. The van der Waals surface area contributed by atoms with E-state index in [1.807, 2.05) is 14.1 Å². The zero-order valence-corrected chi connectivity index (χ0v) is 8.77. The molecule has 0 fully saturated rings. The summed E-state index contributed by atoms with van der Waals surface area (Å²) in [6.07, 6.45) is 3.02. The van der Waals surface area contributed by atoms with E-state index in [9.17, 15) is 9.90 Å². The molecule has 0 unspecified atom stereocenters. The van der Waals surface area contributed by atoms with E-state index >= 15 is 0 Å². The van der Waals surface area contributed by atoms with Crippen molar-refractivity contribution in [3.8, 4) is 5.75 Å². The number of carbonyl (C=O) groups excluding carboxylic acids is 1. The Kier molecular flexibility index (Phi) is 3.55. The summed E-state index contributed by atoms with van der Waals surface area (Å²) >= 11 is 0. The highest BCUT2D eigenvalue weighted by Gasteiger charge is 2.07. The molecule has 0 aliphatic heterocycles. The van der Waals surface area contributed by atoms with Crippen molar-refractivity contribution in [3.63, 3.8) is 0 Å². The van der Waals surface area contributed by atoms with Crippen molar-refractivity contribution in [1.82, 2.24) is 4.90 Å². The van der Waals surface area contributed by atoms with Gasteiger partial charge < -0.3 is 10.0 Å². The minimum absolute atomic E-state index is 0.0941. The molecule has 15 heavy (non-hydrogen) atoms. The maximum atomic E-state index is 11.6. The maximum absolute atomic E-state index is 11.6. The summed E-state index contributed by atoms with van der Waals surface area (Å²) in [6, 6.07) is 4.44. The van der Waals surface area contributed by atoms with Crippen LogP contribution < -0.4 is 5.46 Å². The fourth-order valence-corrected chi connectivity index (χ4v) is 1.06. The quantitative estimate of drug-likeness (QED) is 0.438. The van der Waals surface area contributed by atoms with Crippen LogP contribution in [0.15, 0.2) is 30.5 Å². The van der Waals surface area contributed by atoms with E-state index in [0.29, 0.717) is 5.46 Å². The Hall–Kier alpha value is -1.71. The van der Waals surface area contributed by atoms with Crippen molar-refractivity contribution < 1.29 is 9.90 Å². The molecule has 1 N–H and O–H groups in total. The number of nitrogens with zero attached hydrogens (tertiary/aromatic N) is 1. The van der Waals surface area contributed by atoms with Crippen LogP contribution in [0.5, 0.6) is 5.75 Å². The van der Waals surface area contributed by atoms with Gasteiger partial charge in [0, 0.05) is 26.4 Å². The largest absolute Gasteiger partial charge is 0.507 e. The topological polar surface area (TPSA) is 40.5 Å². The zero-order chi connectivity index (χ0) is 11.4. The molecular weight excluding hydrogens is 189 g/mol. The van der Waals surface area contributed by atoms with Gasteiger partial charge in [-0.1, -0.05) is 11.5 Å². The SMILES string of the molecule is [B]c1ccc(C(=O)/C=C/N(C)C)c(O)c1. The van der Waals surface area contributed by atoms with Crippen LogP contribution in [0.4, 0.5) is 0 Å². The number of rotatable bonds is 3. The van der Waals surface area contributed by atoms with Crippen LogP contribution in [-0.4, -0.2) is 37.7 Å². The Labute approximate surface area is 90.4 Å². The second-order valence-corrected chi connectivity index (χ2v) is 3.42. The second-order valence-electron chi connectivity index (χ2n) is 3.42. The summed E-state index contributed by atoms with van der Waals surface area (Å²) in [4.78, 5) is 13.3. The number of allylic oxidation sites excluding steroid dienone is 1. The number of hydrogen-bond donors (Lipinski definition) is 1. The summed E-state index contributed by atoms with van der Waals surface area (Å²) in [5.41, 5.74) is 0.683. The van der Waals surface area contributed by atoms with Crippen molar-refractivity contribution in [2.75, 3.05) is 14.1 Å². The molecule has 76 valence electrons. The Morgan fingerprint density at radius 2 is 2.13 bits per heavy atom. The molecule has 1 aromatic rings. The normalized spacial score (nSPS) is 10.5. The van der Waals surface area contributed by atoms with Gasteiger partial charge in [-0.3, -0.25) is 4.79 Å². The van der Waals surface area contributed by atoms with E-state index in [1.54, 1.807) is 17.2 Å². The van der Waals surface area contributed by atoms with Gasteiger partial charge in [0.2, 0.25) is 0 Å². The van der Waals surface area contributed by atoms with Gasteiger partial charge in [-0.05, 0) is 12.1 Å². The molecule has 3 nitrogen and oxygen atoms in total. The van der Waals surface area contributed by atoms with Crippen LogP contribution in [0.25, 0.3) is 0 Å². The smallest absolute Gasteiger partial charge is 0.190 e. The lowest BCUT2D eigenvalue weighted by Crippen LogP contribution is -2.06. The number of carbonyl (C=O) groups is 1. The Bertz CT molecular complexity index is 400. The molecule has 1 rings (SSSR count). The number of aromatic hydroxyl groups is 1. The molecule has 4 heteroatoms. The van der Waals surface area contributed by atoms with Crippen molar-refractivity contribution in [2.45, 2.75) is 0 Å². The summed E-state index contributed by atoms with van der Waals surface area (Å²) in [5.74, 6) is -0.343. The zero-order valence-electron chi connectivity index (χ0n) is 8.77. The molecule has 0 amide bonds. The van der Waals surface area contributed by atoms with E-state index in [2.05, 4.69) is 0 Å². The highest BCUT2D eigenvalue weighted by Crippen LogP contribution is 2.15. The van der Waals surface area contributed by atoms with E-state index in [-0.39, 0.29) is 17.1 Å². The van der Waals surface area contributed by atoms with Crippen molar-refractivity contribution in [3.05, 3.63) is 36.0 Å². The first kappa shape index (κ1) is 11.4. The van der Waals surface area contributed by atoms with Gasteiger partial charge >= 0.3 is 0 Å². The first-order valence-corrected chi connectivity index (χ1v) is 4.48. The third-order valence-corrected chi connectivity index (χ3v) is 1.81.